The van der Waals surface area contributed by atoms with Gasteiger partial charge in [-0.15, -0.1) is 0 Å². The van der Waals surface area contributed by atoms with Crippen molar-refractivity contribution in [3.63, 3.8) is 0 Å². The predicted octanol–water partition coefficient (Wildman–Crippen LogP) is 1.76. The Morgan fingerprint density at radius 3 is 2.48 bits per heavy atom. The van der Waals surface area contributed by atoms with Crippen LogP contribution in [0.2, 0.25) is 0 Å². The summed E-state index contributed by atoms with van der Waals surface area (Å²) >= 11 is 0. The summed E-state index contributed by atoms with van der Waals surface area (Å²) in [6.07, 6.45) is 4.61. The van der Waals surface area contributed by atoms with Crippen LogP contribution in [0.5, 0.6) is 0 Å². The van der Waals surface area contributed by atoms with Gasteiger partial charge in [0.25, 0.3) is 0 Å². The van der Waals surface area contributed by atoms with Crippen molar-refractivity contribution in [1.29, 1.82) is 0 Å². The second-order valence-corrected chi connectivity index (χ2v) is 5.58. The topological polar surface area (TPSA) is 75.6 Å². The smallest absolute Gasteiger partial charge is 0.307 e. The summed E-state index contributed by atoms with van der Waals surface area (Å²) in [7, 11) is 0. The molecule has 1 aromatic rings. The number of carboxylic acids is 1. The van der Waals surface area contributed by atoms with Crippen molar-refractivity contribution < 1.29 is 19.5 Å². The number of hydrogen-bond acceptors (Lipinski definition) is 3. The fraction of sp³-hybridized carbons (Fsp3) is 0.375. The van der Waals surface area contributed by atoms with Gasteiger partial charge in [-0.05, 0) is 23.8 Å². The van der Waals surface area contributed by atoms with Crippen LogP contribution in [0.1, 0.15) is 12.0 Å². The molecule has 1 amide bonds. The van der Waals surface area contributed by atoms with Crippen molar-refractivity contribution in [2.24, 2.45) is 23.7 Å². The molecule has 2 bridgehead atoms. The van der Waals surface area contributed by atoms with Gasteiger partial charge in [-0.25, -0.2) is 5.48 Å². The van der Waals surface area contributed by atoms with E-state index in [1.54, 1.807) is 0 Å². The number of benzene rings is 1. The number of rotatable bonds is 5. The maximum atomic E-state index is 12.2. The maximum Gasteiger partial charge on any atom is 0.307 e. The predicted molar refractivity (Wildman–Crippen MR) is 74.7 cm³/mol. The van der Waals surface area contributed by atoms with E-state index in [1.165, 1.54) is 0 Å². The Morgan fingerprint density at radius 2 is 1.81 bits per heavy atom. The van der Waals surface area contributed by atoms with Crippen molar-refractivity contribution in [3.05, 3.63) is 48.0 Å². The molecule has 0 heterocycles. The molecule has 2 aliphatic rings. The lowest BCUT2D eigenvalue weighted by atomic mass is 9.82. The molecule has 4 atom stereocenters. The zero-order valence-corrected chi connectivity index (χ0v) is 11.4. The minimum absolute atomic E-state index is 0.0106. The molecule has 1 fully saturated rings. The number of nitrogens with one attached hydrogen (secondary N) is 1. The Balaban J connectivity index is 1.58. The first kappa shape index (κ1) is 13.8. The molecule has 2 aliphatic carbocycles. The van der Waals surface area contributed by atoms with E-state index in [2.05, 4.69) is 5.48 Å². The van der Waals surface area contributed by atoms with E-state index in [0.717, 1.165) is 12.0 Å². The van der Waals surface area contributed by atoms with Crippen LogP contribution in [-0.2, 0) is 21.0 Å². The van der Waals surface area contributed by atoms with Gasteiger partial charge in [-0.3, -0.25) is 14.4 Å². The molecular weight excluding hydrogens is 270 g/mol. The largest absolute Gasteiger partial charge is 0.481 e. The first-order chi connectivity index (χ1) is 10.2. The van der Waals surface area contributed by atoms with E-state index in [0.29, 0.717) is 0 Å². The van der Waals surface area contributed by atoms with Gasteiger partial charge < -0.3 is 5.11 Å². The highest BCUT2D eigenvalue weighted by atomic mass is 16.6. The molecule has 21 heavy (non-hydrogen) atoms. The Hall–Kier alpha value is -2.14. The number of fused-ring (bicyclic) bond motifs is 2. The third kappa shape index (κ3) is 2.69. The lowest BCUT2D eigenvalue weighted by Gasteiger charge is -2.23. The van der Waals surface area contributed by atoms with E-state index in [4.69, 9.17) is 4.84 Å². The van der Waals surface area contributed by atoms with Crippen LogP contribution in [-0.4, -0.2) is 17.0 Å². The summed E-state index contributed by atoms with van der Waals surface area (Å²) in [5.41, 5.74) is 3.35. The van der Waals surface area contributed by atoms with Crippen molar-refractivity contribution in [2.45, 2.75) is 13.0 Å². The Labute approximate surface area is 122 Å². The summed E-state index contributed by atoms with van der Waals surface area (Å²) < 4.78 is 0. The minimum atomic E-state index is -0.907. The number of carbonyl (C=O) groups is 2. The number of hydroxylamine groups is 1. The molecule has 0 radical (unpaired) electrons. The highest BCUT2D eigenvalue weighted by molar-refractivity contribution is 5.86. The SMILES string of the molecule is O=C(O)C1C2C=CC(C2)C1C(=O)NOCc1ccccc1. The number of aliphatic carboxylic acids is 1. The third-order valence-electron chi connectivity index (χ3n) is 4.30. The molecule has 110 valence electrons. The molecule has 0 aromatic heterocycles. The number of hydrogen-bond donors (Lipinski definition) is 2. The van der Waals surface area contributed by atoms with Crippen LogP contribution < -0.4 is 5.48 Å². The highest BCUT2D eigenvalue weighted by Gasteiger charge is 2.51. The van der Waals surface area contributed by atoms with Crippen molar-refractivity contribution >= 4 is 11.9 Å². The van der Waals surface area contributed by atoms with Gasteiger partial charge in [0.15, 0.2) is 0 Å². The number of carboxylic acid groups (broad SMARTS) is 1. The second-order valence-electron chi connectivity index (χ2n) is 5.58. The van der Waals surface area contributed by atoms with Crippen molar-refractivity contribution in [3.8, 4) is 0 Å². The third-order valence-corrected chi connectivity index (χ3v) is 4.30. The summed E-state index contributed by atoms with van der Waals surface area (Å²) in [4.78, 5) is 28.8. The highest BCUT2D eigenvalue weighted by Crippen LogP contribution is 2.48. The molecule has 1 saturated carbocycles. The second kappa shape index (κ2) is 5.69. The maximum absolute atomic E-state index is 12.2. The lowest BCUT2D eigenvalue weighted by Crippen LogP contribution is -2.40. The molecule has 4 unspecified atom stereocenters. The van der Waals surface area contributed by atoms with Gasteiger partial charge >= 0.3 is 5.97 Å². The van der Waals surface area contributed by atoms with Crippen LogP contribution in [0.25, 0.3) is 0 Å². The average Bonchev–Trinajstić information content (AvgIpc) is 3.08. The molecule has 5 nitrogen and oxygen atoms in total. The zero-order chi connectivity index (χ0) is 14.8. The number of amides is 1. The quantitative estimate of drug-likeness (QED) is 0.639. The van der Waals surface area contributed by atoms with Gasteiger partial charge in [0.2, 0.25) is 5.91 Å². The Bertz CT molecular complexity index is 569. The van der Waals surface area contributed by atoms with Crippen LogP contribution >= 0.6 is 0 Å². The van der Waals surface area contributed by atoms with Gasteiger partial charge in [-0.2, -0.15) is 0 Å². The van der Waals surface area contributed by atoms with Gasteiger partial charge in [0.05, 0.1) is 18.4 Å². The van der Waals surface area contributed by atoms with E-state index < -0.39 is 17.8 Å². The Kier molecular flexibility index (Phi) is 3.75. The van der Waals surface area contributed by atoms with Crippen LogP contribution in [0, 0.1) is 23.7 Å². The van der Waals surface area contributed by atoms with Crippen molar-refractivity contribution in [2.75, 3.05) is 0 Å². The van der Waals surface area contributed by atoms with E-state index >= 15 is 0 Å². The molecular formula is C16H17NO4. The first-order valence-corrected chi connectivity index (χ1v) is 7.03. The van der Waals surface area contributed by atoms with E-state index in [1.807, 2.05) is 42.5 Å². The zero-order valence-electron chi connectivity index (χ0n) is 11.4. The minimum Gasteiger partial charge on any atom is -0.481 e. The van der Waals surface area contributed by atoms with Gasteiger partial charge in [0.1, 0.15) is 0 Å². The summed E-state index contributed by atoms with van der Waals surface area (Å²) in [6, 6.07) is 9.48. The summed E-state index contributed by atoms with van der Waals surface area (Å²) in [6.45, 7) is 0.265. The van der Waals surface area contributed by atoms with Crippen LogP contribution in [0.15, 0.2) is 42.5 Å². The standard InChI is InChI=1S/C16H17NO4/c18-15(17-21-9-10-4-2-1-3-5-10)13-11-6-7-12(8-11)14(13)16(19)20/h1-7,11-14H,8-9H2,(H,17,18)(H,19,20). The lowest BCUT2D eigenvalue weighted by molar-refractivity contribution is -0.152. The molecule has 0 aliphatic heterocycles. The normalized spacial score (nSPS) is 29.5. The first-order valence-electron chi connectivity index (χ1n) is 7.03. The van der Waals surface area contributed by atoms with Gasteiger partial charge in [0, 0.05) is 0 Å². The molecule has 0 saturated heterocycles. The molecule has 0 spiro atoms. The monoisotopic (exact) mass is 287 g/mol. The fourth-order valence-corrected chi connectivity index (χ4v) is 3.35. The molecule has 1 aromatic carbocycles. The molecule has 2 N–H and O–H groups in total. The van der Waals surface area contributed by atoms with E-state index in [9.17, 15) is 14.7 Å². The van der Waals surface area contributed by atoms with E-state index in [-0.39, 0.29) is 24.3 Å². The van der Waals surface area contributed by atoms with Crippen LogP contribution in [0.4, 0.5) is 0 Å². The van der Waals surface area contributed by atoms with Gasteiger partial charge in [-0.1, -0.05) is 42.5 Å². The Morgan fingerprint density at radius 1 is 1.14 bits per heavy atom. The number of carbonyl (C=O) groups excluding carboxylic acids is 1. The number of allylic oxidation sites excluding steroid dienone is 2. The molecule has 5 heteroatoms. The van der Waals surface area contributed by atoms with Crippen LogP contribution in [0.3, 0.4) is 0 Å². The summed E-state index contributed by atoms with van der Waals surface area (Å²) in [5, 5.41) is 9.30. The average molecular weight is 287 g/mol. The van der Waals surface area contributed by atoms with Crippen molar-refractivity contribution in [1.82, 2.24) is 5.48 Å². The molecule has 3 rings (SSSR count). The summed E-state index contributed by atoms with van der Waals surface area (Å²) in [5.74, 6) is -2.44. The fourth-order valence-electron chi connectivity index (χ4n) is 3.35.